The number of rotatable bonds is 1. The van der Waals surface area contributed by atoms with Crippen LogP contribution in [0.2, 0.25) is 0 Å². The van der Waals surface area contributed by atoms with E-state index in [0.717, 1.165) is 27.5 Å². The van der Waals surface area contributed by atoms with Gasteiger partial charge in [0.1, 0.15) is 4.60 Å². The molecule has 0 unspecified atom stereocenters. The van der Waals surface area contributed by atoms with E-state index in [1.807, 2.05) is 24.3 Å². The Hall–Kier alpha value is -1.55. The van der Waals surface area contributed by atoms with Crippen molar-refractivity contribution in [1.29, 1.82) is 0 Å². The van der Waals surface area contributed by atoms with Crippen LogP contribution in [0.4, 0.5) is 11.4 Å². The van der Waals surface area contributed by atoms with E-state index in [9.17, 15) is 0 Å². The zero-order valence-corrected chi connectivity index (χ0v) is 11.8. The lowest BCUT2D eigenvalue weighted by atomic mass is 10.1. The maximum atomic E-state index is 5.89. The fourth-order valence-corrected chi connectivity index (χ4v) is 2.54. The lowest BCUT2D eigenvalue weighted by Gasteiger charge is -2.35. The number of ether oxygens (including phenoxy) is 1. The summed E-state index contributed by atoms with van der Waals surface area (Å²) >= 11 is 3.41. The monoisotopic (exact) mass is 304 g/mol. The maximum absolute atomic E-state index is 5.89. The topological polar surface area (TPSA) is 25.4 Å². The fraction of sp³-hybridized carbons (Fsp3) is 0.214. The van der Waals surface area contributed by atoms with Crippen molar-refractivity contribution in [2.24, 2.45) is 0 Å². The van der Waals surface area contributed by atoms with E-state index in [4.69, 9.17) is 4.74 Å². The molecule has 0 spiro atoms. The third kappa shape index (κ3) is 1.77. The highest BCUT2D eigenvalue weighted by Gasteiger charge is 2.26. The van der Waals surface area contributed by atoms with Gasteiger partial charge in [-0.05, 0) is 48.0 Å². The Bertz CT molecular complexity index is 598. The lowest BCUT2D eigenvalue weighted by Crippen LogP contribution is -2.28. The second kappa shape index (κ2) is 4.28. The van der Waals surface area contributed by atoms with E-state index in [1.165, 1.54) is 0 Å². The summed E-state index contributed by atoms with van der Waals surface area (Å²) in [6.07, 6.45) is 1.75. The van der Waals surface area contributed by atoms with E-state index in [0.29, 0.717) is 6.04 Å². The van der Waals surface area contributed by atoms with Gasteiger partial charge in [-0.15, -0.1) is 0 Å². The molecule has 1 aliphatic heterocycles. The van der Waals surface area contributed by atoms with E-state index in [1.54, 1.807) is 6.20 Å². The van der Waals surface area contributed by atoms with Crippen LogP contribution in [-0.2, 0) is 0 Å². The first-order chi connectivity index (χ1) is 8.66. The van der Waals surface area contributed by atoms with E-state index < -0.39 is 0 Å². The molecular formula is C14H13BrN2O. The van der Waals surface area contributed by atoms with Gasteiger partial charge in [-0.2, -0.15) is 0 Å². The average molecular weight is 305 g/mol. The molecule has 1 aromatic carbocycles. The highest BCUT2D eigenvalue weighted by Crippen LogP contribution is 2.47. The van der Waals surface area contributed by atoms with E-state index >= 15 is 0 Å². The summed E-state index contributed by atoms with van der Waals surface area (Å²) in [5.74, 6) is 1.67. The zero-order chi connectivity index (χ0) is 12.7. The van der Waals surface area contributed by atoms with Crippen molar-refractivity contribution in [3.8, 4) is 11.5 Å². The third-order valence-electron chi connectivity index (χ3n) is 2.93. The molecule has 0 atom stereocenters. The quantitative estimate of drug-likeness (QED) is 0.726. The van der Waals surface area contributed by atoms with Gasteiger partial charge < -0.3 is 9.64 Å². The summed E-state index contributed by atoms with van der Waals surface area (Å²) in [6.45, 7) is 4.33. The van der Waals surface area contributed by atoms with Gasteiger partial charge in [-0.3, -0.25) is 0 Å². The third-order valence-corrected chi connectivity index (χ3v) is 3.37. The Morgan fingerprint density at radius 2 is 1.94 bits per heavy atom. The van der Waals surface area contributed by atoms with Crippen LogP contribution in [-0.4, -0.2) is 11.0 Å². The smallest absolute Gasteiger partial charge is 0.169 e. The molecule has 0 N–H and O–H groups in total. The van der Waals surface area contributed by atoms with Crippen molar-refractivity contribution in [2.45, 2.75) is 19.9 Å². The molecule has 1 aliphatic rings. The number of hydrogen-bond acceptors (Lipinski definition) is 3. The number of benzene rings is 1. The van der Waals surface area contributed by atoms with Gasteiger partial charge in [-0.25, -0.2) is 4.98 Å². The van der Waals surface area contributed by atoms with Gasteiger partial charge >= 0.3 is 0 Å². The number of fused-ring (bicyclic) bond motifs is 2. The number of para-hydroxylation sites is 2. The summed E-state index contributed by atoms with van der Waals surface area (Å²) in [4.78, 5) is 6.49. The van der Waals surface area contributed by atoms with E-state index in [2.05, 4.69) is 45.7 Å². The Morgan fingerprint density at radius 1 is 1.17 bits per heavy atom. The van der Waals surface area contributed by atoms with Crippen LogP contribution in [0.25, 0.3) is 0 Å². The maximum Gasteiger partial charge on any atom is 0.169 e. The van der Waals surface area contributed by atoms with Crippen molar-refractivity contribution >= 4 is 27.3 Å². The number of anilines is 2. The molecule has 0 amide bonds. The van der Waals surface area contributed by atoms with Crippen molar-refractivity contribution < 1.29 is 4.74 Å². The van der Waals surface area contributed by atoms with Gasteiger partial charge in [0.05, 0.1) is 17.6 Å². The average Bonchev–Trinajstić information content (AvgIpc) is 2.35. The molecule has 0 bridgehead atoms. The molecule has 0 fully saturated rings. The van der Waals surface area contributed by atoms with Crippen LogP contribution < -0.4 is 9.64 Å². The predicted octanol–water partition coefficient (Wildman–Crippen LogP) is 4.50. The van der Waals surface area contributed by atoms with Crippen LogP contribution in [0.1, 0.15) is 13.8 Å². The van der Waals surface area contributed by atoms with Gasteiger partial charge in [0.15, 0.2) is 11.5 Å². The van der Waals surface area contributed by atoms with E-state index in [-0.39, 0.29) is 0 Å². The first-order valence-electron chi connectivity index (χ1n) is 5.88. The fourth-order valence-electron chi connectivity index (χ4n) is 2.22. The van der Waals surface area contributed by atoms with Gasteiger partial charge in [0.2, 0.25) is 0 Å². The summed E-state index contributed by atoms with van der Waals surface area (Å²) in [5.41, 5.74) is 2.14. The minimum Gasteiger partial charge on any atom is -0.451 e. The van der Waals surface area contributed by atoms with Crippen molar-refractivity contribution in [1.82, 2.24) is 4.98 Å². The highest BCUT2D eigenvalue weighted by molar-refractivity contribution is 9.10. The normalized spacial score (nSPS) is 13.0. The molecule has 2 heterocycles. The number of pyridine rings is 1. The lowest BCUT2D eigenvalue weighted by molar-refractivity contribution is 0.467. The summed E-state index contributed by atoms with van der Waals surface area (Å²) in [7, 11) is 0. The molecule has 1 aromatic heterocycles. The second-order valence-electron chi connectivity index (χ2n) is 4.51. The van der Waals surface area contributed by atoms with Crippen molar-refractivity contribution in [2.75, 3.05) is 4.90 Å². The molecule has 18 heavy (non-hydrogen) atoms. The first-order valence-corrected chi connectivity index (χ1v) is 6.68. The Balaban J connectivity index is 2.21. The Labute approximate surface area is 115 Å². The second-order valence-corrected chi connectivity index (χ2v) is 5.32. The Morgan fingerprint density at radius 3 is 2.72 bits per heavy atom. The standard InChI is InChI=1S/C14H13BrN2O/c1-9(2)17-10-5-3-4-6-12(10)18-13-8-16-14(15)7-11(13)17/h3-9H,1-2H3. The minimum absolute atomic E-state index is 0.350. The SMILES string of the molecule is CC(C)N1c2ccccc2Oc2cnc(Br)cc21. The molecule has 92 valence electrons. The Kier molecular flexibility index (Phi) is 2.74. The van der Waals surface area contributed by atoms with Crippen molar-refractivity contribution in [3.05, 3.63) is 41.1 Å². The molecule has 3 nitrogen and oxygen atoms in total. The van der Waals surface area contributed by atoms with Crippen LogP contribution in [0.5, 0.6) is 11.5 Å². The number of hydrogen-bond donors (Lipinski definition) is 0. The summed E-state index contributed by atoms with van der Waals surface area (Å²) in [5, 5.41) is 0. The molecule has 0 saturated heterocycles. The van der Waals surface area contributed by atoms with Crippen LogP contribution in [0, 0.1) is 0 Å². The van der Waals surface area contributed by atoms with Crippen LogP contribution in [0.15, 0.2) is 41.1 Å². The molecule has 2 aromatic rings. The largest absolute Gasteiger partial charge is 0.451 e. The van der Waals surface area contributed by atoms with Gasteiger partial charge in [-0.1, -0.05) is 12.1 Å². The molecule has 3 rings (SSSR count). The zero-order valence-electron chi connectivity index (χ0n) is 10.2. The highest BCUT2D eigenvalue weighted by atomic mass is 79.9. The summed E-state index contributed by atoms with van der Waals surface area (Å²) in [6, 6.07) is 10.4. The number of aromatic nitrogens is 1. The molecule has 4 heteroatoms. The number of nitrogens with zero attached hydrogens (tertiary/aromatic N) is 2. The molecule has 0 saturated carbocycles. The van der Waals surface area contributed by atoms with Crippen LogP contribution in [0.3, 0.4) is 0 Å². The van der Waals surface area contributed by atoms with Crippen LogP contribution >= 0.6 is 15.9 Å². The van der Waals surface area contributed by atoms with Gasteiger partial charge in [0.25, 0.3) is 0 Å². The summed E-state index contributed by atoms with van der Waals surface area (Å²) < 4.78 is 6.70. The van der Waals surface area contributed by atoms with Gasteiger partial charge in [0, 0.05) is 6.04 Å². The molecular weight excluding hydrogens is 292 g/mol. The number of halogens is 1. The minimum atomic E-state index is 0.350. The predicted molar refractivity (Wildman–Crippen MR) is 75.7 cm³/mol. The molecule has 0 aliphatic carbocycles. The first kappa shape index (κ1) is 11.5. The molecule has 0 radical (unpaired) electrons. The van der Waals surface area contributed by atoms with Crippen molar-refractivity contribution in [3.63, 3.8) is 0 Å².